The second-order valence-corrected chi connectivity index (χ2v) is 4.96. The summed E-state index contributed by atoms with van der Waals surface area (Å²) in [5.41, 5.74) is 2.97. The Balaban J connectivity index is 1.75. The van der Waals surface area contributed by atoms with Gasteiger partial charge in [-0.2, -0.15) is 0 Å². The molecule has 1 heterocycles. The highest BCUT2D eigenvalue weighted by Gasteiger charge is 2.19. The lowest BCUT2D eigenvalue weighted by Gasteiger charge is -2.27. The van der Waals surface area contributed by atoms with E-state index in [-0.39, 0.29) is 0 Å². The summed E-state index contributed by atoms with van der Waals surface area (Å²) in [5, 5.41) is 0. The fraction of sp³-hybridized carbons (Fsp3) is 0.375. The first-order valence-corrected chi connectivity index (χ1v) is 6.61. The van der Waals surface area contributed by atoms with Gasteiger partial charge in [-0.25, -0.2) is 0 Å². The molecule has 1 atom stereocenters. The van der Waals surface area contributed by atoms with Crippen molar-refractivity contribution < 1.29 is 0 Å². The molecular weight excluding hydrogens is 206 g/mol. The summed E-state index contributed by atoms with van der Waals surface area (Å²) in [4.78, 5) is 2.56. The molecule has 3 rings (SSSR count). The third-order valence-electron chi connectivity index (χ3n) is 3.80. The summed E-state index contributed by atoms with van der Waals surface area (Å²) < 4.78 is 0. The van der Waals surface area contributed by atoms with Crippen molar-refractivity contribution in [2.24, 2.45) is 0 Å². The fourth-order valence-electron chi connectivity index (χ4n) is 2.83. The molecule has 0 amide bonds. The van der Waals surface area contributed by atoms with Crippen molar-refractivity contribution in [3.63, 3.8) is 0 Å². The number of likely N-dealkylation sites (tertiary alicyclic amines) is 1. The summed E-state index contributed by atoms with van der Waals surface area (Å²) in [6.07, 6.45) is 10.7. The van der Waals surface area contributed by atoms with Crippen LogP contribution in [-0.2, 0) is 0 Å². The normalized spacial score (nSPS) is 23.9. The van der Waals surface area contributed by atoms with Crippen LogP contribution >= 0.6 is 0 Å². The molecular formula is C16H19N. The Labute approximate surface area is 103 Å². The van der Waals surface area contributed by atoms with Crippen molar-refractivity contribution in [1.82, 2.24) is 4.90 Å². The van der Waals surface area contributed by atoms with Gasteiger partial charge in [-0.15, -0.1) is 0 Å². The van der Waals surface area contributed by atoms with Crippen LogP contribution in [0.2, 0.25) is 0 Å². The van der Waals surface area contributed by atoms with E-state index in [9.17, 15) is 0 Å². The van der Waals surface area contributed by atoms with Gasteiger partial charge in [0.1, 0.15) is 0 Å². The van der Waals surface area contributed by atoms with Crippen molar-refractivity contribution >= 4 is 0 Å². The maximum Gasteiger partial charge on any atom is 0.0175 e. The van der Waals surface area contributed by atoms with Crippen molar-refractivity contribution in [3.8, 4) is 0 Å². The Morgan fingerprint density at radius 3 is 2.53 bits per heavy atom. The van der Waals surface area contributed by atoms with Crippen LogP contribution in [0, 0.1) is 0 Å². The topological polar surface area (TPSA) is 3.24 Å². The van der Waals surface area contributed by atoms with Gasteiger partial charge in [0.25, 0.3) is 0 Å². The second-order valence-electron chi connectivity index (χ2n) is 4.96. The van der Waals surface area contributed by atoms with Gasteiger partial charge < -0.3 is 4.90 Å². The molecule has 88 valence electrons. The number of hydrogen-bond acceptors (Lipinski definition) is 1. The molecule has 0 saturated carbocycles. The fourth-order valence-corrected chi connectivity index (χ4v) is 2.83. The molecule has 0 aromatic heterocycles. The molecule has 17 heavy (non-hydrogen) atoms. The minimum atomic E-state index is 0.566. The van der Waals surface area contributed by atoms with Gasteiger partial charge in [0.15, 0.2) is 0 Å². The minimum absolute atomic E-state index is 0.566. The van der Waals surface area contributed by atoms with Gasteiger partial charge in [0, 0.05) is 24.7 Å². The standard InChI is InChI=1S/C16H19N/c1-2-7-14(8-3-1)15-9-6-10-16(13-15)17-11-4-5-12-17/h1-3,6-10,15H,4-5,11-13H2. The van der Waals surface area contributed by atoms with Gasteiger partial charge in [0.2, 0.25) is 0 Å². The molecule has 1 heteroatoms. The first kappa shape index (κ1) is 10.6. The minimum Gasteiger partial charge on any atom is -0.375 e. The van der Waals surface area contributed by atoms with E-state index in [2.05, 4.69) is 53.5 Å². The zero-order chi connectivity index (χ0) is 11.5. The number of rotatable bonds is 2. The predicted molar refractivity (Wildman–Crippen MR) is 71.8 cm³/mol. The van der Waals surface area contributed by atoms with Gasteiger partial charge in [0.05, 0.1) is 0 Å². The van der Waals surface area contributed by atoms with Gasteiger partial charge >= 0.3 is 0 Å². The molecule has 0 N–H and O–H groups in total. The second kappa shape index (κ2) is 4.79. The van der Waals surface area contributed by atoms with E-state index in [0.29, 0.717) is 5.92 Å². The van der Waals surface area contributed by atoms with Crippen LogP contribution in [0.15, 0.2) is 54.3 Å². The highest BCUT2D eigenvalue weighted by atomic mass is 15.1. The molecule has 1 aromatic rings. The molecule has 1 unspecified atom stereocenters. The van der Waals surface area contributed by atoms with Crippen molar-refractivity contribution in [2.45, 2.75) is 25.2 Å². The summed E-state index contributed by atoms with van der Waals surface area (Å²) >= 11 is 0. The Bertz CT molecular complexity index is 424. The van der Waals surface area contributed by atoms with Gasteiger partial charge in [-0.05, 0) is 30.9 Å². The molecule has 0 radical (unpaired) electrons. The Morgan fingerprint density at radius 1 is 1.00 bits per heavy atom. The molecule has 0 bridgehead atoms. The highest BCUT2D eigenvalue weighted by molar-refractivity contribution is 5.31. The molecule has 2 aliphatic rings. The SMILES string of the molecule is C1=CC(c2ccccc2)CC(N2CCCC2)=C1. The summed E-state index contributed by atoms with van der Waals surface area (Å²) in [6.45, 7) is 2.50. The molecule has 1 aliphatic carbocycles. The maximum absolute atomic E-state index is 2.56. The molecule has 1 aliphatic heterocycles. The van der Waals surface area contributed by atoms with E-state index < -0.39 is 0 Å². The molecule has 1 aromatic carbocycles. The van der Waals surface area contributed by atoms with Crippen LogP contribution < -0.4 is 0 Å². The van der Waals surface area contributed by atoms with Crippen LogP contribution in [0.4, 0.5) is 0 Å². The summed E-state index contributed by atoms with van der Waals surface area (Å²) in [6, 6.07) is 10.8. The lowest BCUT2D eigenvalue weighted by molar-refractivity contribution is 0.402. The number of nitrogens with zero attached hydrogens (tertiary/aromatic N) is 1. The van der Waals surface area contributed by atoms with Crippen LogP contribution in [0.5, 0.6) is 0 Å². The van der Waals surface area contributed by atoms with Crippen LogP contribution in [0.25, 0.3) is 0 Å². The predicted octanol–water partition coefficient (Wildman–Crippen LogP) is 3.71. The van der Waals surface area contributed by atoms with Crippen LogP contribution in [0.3, 0.4) is 0 Å². The van der Waals surface area contributed by atoms with E-state index in [1.54, 1.807) is 0 Å². The Hall–Kier alpha value is -1.50. The van der Waals surface area contributed by atoms with Crippen molar-refractivity contribution in [1.29, 1.82) is 0 Å². The smallest absolute Gasteiger partial charge is 0.0175 e. The maximum atomic E-state index is 2.56. The zero-order valence-corrected chi connectivity index (χ0v) is 10.2. The molecule has 0 spiro atoms. The Kier molecular flexibility index (Phi) is 3.00. The van der Waals surface area contributed by atoms with Crippen molar-refractivity contribution in [3.05, 3.63) is 59.8 Å². The van der Waals surface area contributed by atoms with Crippen LogP contribution in [0.1, 0.15) is 30.7 Å². The first-order chi connectivity index (χ1) is 8.43. The van der Waals surface area contributed by atoms with E-state index in [1.165, 1.54) is 43.6 Å². The summed E-state index contributed by atoms with van der Waals surface area (Å²) in [5.74, 6) is 0.566. The zero-order valence-electron chi connectivity index (χ0n) is 10.2. The lowest BCUT2D eigenvalue weighted by Crippen LogP contribution is -2.21. The monoisotopic (exact) mass is 225 g/mol. The molecule has 1 fully saturated rings. The molecule has 1 saturated heterocycles. The van der Waals surface area contributed by atoms with Crippen LogP contribution in [-0.4, -0.2) is 18.0 Å². The molecule has 1 nitrogen and oxygen atoms in total. The van der Waals surface area contributed by atoms with E-state index >= 15 is 0 Å². The third kappa shape index (κ3) is 2.28. The van der Waals surface area contributed by atoms with Gasteiger partial charge in [-0.3, -0.25) is 0 Å². The van der Waals surface area contributed by atoms with E-state index in [4.69, 9.17) is 0 Å². The number of benzene rings is 1. The van der Waals surface area contributed by atoms with Gasteiger partial charge in [-0.1, -0.05) is 42.5 Å². The number of hydrogen-bond donors (Lipinski definition) is 0. The average Bonchev–Trinajstić information content (AvgIpc) is 2.94. The lowest BCUT2D eigenvalue weighted by atomic mass is 9.90. The average molecular weight is 225 g/mol. The highest BCUT2D eigenvalue weighted by Crippen LogP contribution is 2.31. The summed E-state index contributed by atoms with van der Waals surface area (Å²) in [7, 11) is 0. The van der Waals surface area contributed by atoms with E-state index in [1.807, 2.05) is 0 Å². The largest absolute Gasteiger partial charge is 0.375 e. The van der Waals surface area contributed by atoms with Crippen molar-refractivity contribution in [2.75, 3.05) is 13.1 Å². The quantitative estimate of drug-likeness (QED) is 0.741. The Morgan fingerprint density at radius 2 is 1.76 bits per heavy atom. The third-order valence-corrected chi connectivity index (χ3v) is 3.80. The number of allylic oxidation sites excluding steroid dienone is 4. The first-order valence-electron chi connectivity index (χ1n) is 6.61. The van der Waals surface area contributed by atoms with E-state index in [0.717, 1.165) is 0 Å².